The van der Waals surface area contributed by atoms with Crippen LogP contribution in [0.2, 0.25) is 0 Å². The summed E-state index contributed by atoms with van der Waals surface area (Å²) in [6.07, 6.45) is 2.47. The van der Waals surface area contributed by atoms with Gasteiger partial charge in [-0.2, -0.15) is 0 Å². The highest BCUT2D eigenvalue weighted by atomic mass is 16.3. The Hall–Kier alpha value is -3.34. The SMILES string of the molecule is O=C(NCCCC(=O)N1Cc2ccccc2C(c2ccccc2)C1)c1ccco1. The van der Waals surface area contributed by atoms with Gasteiger partial charge in [0.25, 0.3) is 5.91 Å². The van der Waals surface area contributed by atoms with Crippen molar-refractivity contribution in [3.63, 3.8) is 0 Å². The van der Waals surface area contributed by atoms with Gasteiger partial charge in [0.1, 0.15) is 0 Å². The van der Waals surface area contributed by atoms with Crippen LogP contribution in [-0.2, 0) is 11.3 Å². The fourth-order valence-electron chi connectivity index (χ4n) is 3.86. The Bertz CT molecular complexity index is 967. The van der Waals surface area contributed by atoms with Gasteiger partial charge >= 0.3 is 0 Å². The van der Waals surface area contributed by atoms with E-state index in [0.29, 0.717) is 32.5 Å². The number of carbonyl (C=O) groups excluding carboxylic acids is 2. The predicted octanol–water partition coefficient (Wildman–Crippen LogP) is 3.96. The zero-order chi connectivity index (χ0) is 20.1. The second-order valence-electron chi connectivity index (χ2n) is 7.27. The van der Waals surface area contributed by atoms with Gasteiger partial charge in [0, 0.05) is 32.0 Å². The molecule has 2 heterocycles. The summed E-state index contributed by atoms with van der Waals surface area (Å²) in [4.78, 5) is 26.7. The summed E-state index contributed by atoms with van der Waals surface area (Å²) >= 11 is 0. The predicted molar refractivity (Wildman–Crippen MR) is 110 cm³/mol. The highest BCUT2D eigenvalue weighted by Gasteiger charge is 2.28. The number of benzene rings is 2. The van der Waals surface area contributed by atoms with Crippen LogP contribution in [0.5, 0.6) is 0 Å². The van der Waals surface area contributed by atoms with Crippen molar-refractivity contribution in [2.75, 3.05) is 13.1 Å². The van der Waals surface area contributed by atoms with Crippen molar-refractivity contribution >= 4 is 11.8 Å². The lowest BCUT2D eigenvalue weighted by Gasteiger charge is -2.35. The molecule has 2 aromatic carbocycles. The first-order chi connectivity index (χ1) is 14.2. The molecule has 5 nitrogen and oxygen atoms in total. The molecule has 1 aliphatic rings. The number of rotatable bonds is 6. The number of nitrogens with zero attached hydrogens (tertiary/aromatic N) is 1. The Kier molecular flexibility index (Phi) is 5.75. The maximum atomic E-state index is 12.9. The van der Waals surface area contributed by atoms with E-state index in [4.69, 9.17) is 4.42 Å². The monoisotopic (exact) mass is 388 g/mol. The van der Waals surface area contributed by atoms with Crippen LogP contribution in [0.25, 0.3) is 0 Å². The van der Waals surface area contributed by atoms with Crippen LogP contribution in [0.1, 0.15) is 46.0 Å². The van der Waals surface area contributed by atoms with E-state index >= 15 is 0 Å². The van der Waals surface area contributed by atoms with Gasteiger partial charge in [-0.15, -0.1) is 0 Å². The molecular formula is C24H24N2O3. The maximum Gasteiger partial charge on any atom is 0.286 e. The van der Waals surface area contributed by atoms with E-state index in [-0.39, 0.29) is 23.5 Å². The van der Waals surface area contributed by atoms with E-state index in [1.165, 1.54) is 23.0 Å². The van der Waals surface area contributed by atoms with Gasteiger partial charge in [0.05, 0.1) is 6.26 Å². The summed E-state index contributed by atoms with van der Waals surface area (Å²) < 4.78 is 5.07. The number of nitrogens with one attached hydrogen (secondary N) is 1. The molecule has 0 aliphatic carbocycles. The van der Waals surface area contributed by atoms with Crippen molar-refractivity contribution in [2.24, 2.45) is 0 Å². The molecule has 0 saturated heterocycles. The van der Waals surface area contributed by atoms with E-state index in [0.717, 1.165) is 0 Å². The first kappa shape index (κ1) is 19.0. The maximum absolute atomic E-state index is 12.9. The Morgan fingerprint density at radius 2 is 1.79 bits per heavy atom. The molecule has 1 atom stereocenters. The topological polar surface area (TPSA) is 62.6 Å². The number of furan rings is 1. The van der Waals surface area contributed by atoms with E-state index < -0.39 is 0 Å². The number of amides is 2. The minimum atomic E-state index is -0.251. The molecule has 1 N–H and O–H groups in total. The molecule has 148 valence electrons. The fourth-order valence-corrected chi connectivity index (χ4v) is 3.86. The second kappa shape index (κ2) is 8.78. The second-order valence-corrected chi connectivity index (χ2v) is 7.27. The van der Waals surface area contributed by atoms with Gasteiger partial charge in [-0.05, 0) is 35.2 Å². The third-order valence-electron chi connectivity index (χ3n) is 5.35. The summed E-state index contributed by atoms with van der Waals surface area (Å²) in [5, 5.41) is 2.79. The molecule has 1 aliphatic heterocycles. The van der Waals surface area contributed by atoms with Crippen molar-refractivity contribution in [1.29, 1.82) is 0 Å². The van der Waals surface area contributed by atoms with E-state index in [2.05, 4.69) is 35.6 Å². The molecule has 3 aromatic rings. The number of fused-ring (bicyclic) bond motifs is 1. The smallest absolute Gasteiger partial charge is 0.286 e. The molecule has 0 saturated carbocycles. The third-order valence-corrected chi connectivity index (χ3v) is 5.35. The lowest BCUT2D eigenvalue weighted by Crippen LogP contribution is -2.38. The normalized spacial score (nSPS) is 15.6. The molecule has 1 unspecified atom stereocenters. The Labute approximate surface area is 170 Å². The largest absolute Gasteiger partial charge is 0.459 e. The van der Waals surface area contributed by atoms with Crippen LogP contribution < -0.4 is 5.32 Å². The standard InChI is InChI=1S/C24H24N2O3/c27-23(13-6-14-25-24(28)22-12-7-15-29-22)26-16-19-10-4-5-11-20(19)21(17-26)18-8-2-1-3-9-18/h1-5,7-12,15,21H,6,13-14,16-17H2,(H,25,28). The van der Waals surface area contributed by atoms with Crippen molar-refractivity contribution in [2.45, 2.75) is 25.3 Å². The van der Waals surface area contributed by atoms with Crippen LogP contribution in [0.3, 0.4) is 0 Å². The van der Waals surface area contributed by atoms with Gasteiger partial charge in [-0.3, -0.25) is 9.59 Å². The zero-order valence-corrected chi connectivity index (χ0v) is 16.2. The summed E-state index contributed by atoms with van der Waals surface area (Å²) in [6.45, 7) is 1.76. The van der Waals surface area contributed by atoms with Gasteiger partial charge in [-0.25, -0.2) is 0 Å². The van der Waals surface area contributed by atoms with Crippen LogP contribution in [0, 0.1) is 0 Å². The fraction of sp³-hybridized carbons (Fsp3) is 0.250. The molecule has 0 fully saturated rings. The zero-order valence-electron chi connectivity index (χ0n) is 16.2. The van der Waals surface area contributed by atoms with Crippen molar-refractivity contribution < 1.29 is 14.0 Å². The first-order valence-corrected chi connectivity index (χ1v) is 9.94. The lowest BCUT2D eigenvalue weighted by molar-refractivity contribution is -0.132. The lowest BCUT2D eigenvalue weighted by atomic mass is 9.84. The number of hydrogen-bond acceptors (Lipinski definition) is 3. The molecule has 4 rings (SSSR count). The minimum absolute atomic E-state index is 0.118. The highest BCUT2D eigenvalue weighted by molar-refractivity contribution is 5.91. The molecule has 1 aromatic heterocycles. The molecule has 5 heteroatoms. The minimum Gasteiger partial charge on any atom is -0.459 e. The first-order valence-electron chi connectivity index (χ1n) is 9.94. The summed E-state index contributed by atoms with van der Waals surface area (Å²) in [5.41, 5.74) is 3.73. The quantitative estimate of drug-likeness (QED) is 0.650. The van der Waals surface area contributed by atoms with Crippen LogP contribution in [0.15, 0.2) is 77.4 Å². The van der Waals surface area contributed by atoms with Crippen molar-refractivity contribution in [3.8, 4) is 0 Å². The Morgan fingerprint density at radius 3 is 2.59 bits per heavy atom. The summed E-state index contributed by atoms with van der Waals surface area (Å²) in [7, 11) is 0. The van der Waals surface area contributed by atoms with Gasteiger partial charge < -0.3 is 14.6 Å². The molecule has 2 amide bonds. The Morgan fingerprint density at radius 1 is 1.00 bits per heavy atom. The molecular weight excluding hydrogens is 364 g/mol. The Balaban J connectivity index is 1.37. The van der Waals surface area contributed by atoms with Crippen LogP contribution in [-0.4, -0.2) is 29.8 Å². The summed E-state index contributed by atoms with van der Waals surface area (Å²) in [6, 6.07) is 22.0. The average molecular weight is 388 g/mol. The van der Waals surface area contributed by atoms with Crippen molar-refractivity contribution in [3.05, 3.63) is 95.4 Å². The molecule has 0 radical (unpaired) electrons. The average Bonchev–Trinajstić information content (AvgIpc) is 3.31. The van der Waals surface area contributed by atoms with E-state index in [1.54, 1.807) is 12.1 Å². The number of hydrogen-bond donors (Lipinski definition) is 1. The molecule has 0 spiro atoms. The highest BCUT2D eigenvalue weighted by Crippen LogP contribution is 2.33. The van der Waals surface area contributed by atoms with Crippen LogP contribution in [0.4, 0.5) is 0 Å². The van der Waals surface area contributed by atoms with Gasteiger partial charge in [-0.1, -0.05) is 54.6 Å². The third kappa shape index (κ3) is 4.40. The molecule has 0 bridgehead atoms. The van der Waals surface area contributed by atoms with Crippen LogP contribution >= 0.6 is 0 Å². The van der Waals surface area contributed by atoms with E-state index in [9.17, 15) is 9.59 Å². The van der Waals surface area contributed by atoms with Crippen molar-refractivity contribution in [1.82, 2.24) is 10.2 Å². The van der Waals surface area contributed by atoms with Gasteiger partial charge in [0.2, 0.25) is 5.91 Å². The molecule has 29 heavy (non-hydrogen) atoms. The summed E-state index contributed by atoms with van der Waals surface area (Å²) in [5.74, 6) is 0.338. The van der Waals surface area contributed by atoms with Gasteiger partial charge in [0.15, 0.2) is 5.76 Å². The van der Waals surface area contributed by atoms with E-state index in [1.807, 2.05) is 29.2 Å². The number of carbonyl (C=O) groups is 2.